The molecule has 3 aromatic rings. The molecule has 3 rings (SSSR count). The normalized spacial score (nSPS) is 10.6. The minimum atomic E-state index is -1.05. The van der Waals surface area contributed by atoms with E-state index in [1.54, 1.807) is 23.9 Å². The minimum Gasteiger partial charge on any atom is -0.497 e. The molecule has 0 aliphatic carbocycles. The highest BCUT2D eigenvalue weighted by Gasteiger charge is 2.14. The smallest absolute Gasteiger partial charge is 0.352 e. The second-order valence-electron chi connectivity index (χ2n) is 6.77. The fourth-order valence-electron chi connectivity index (χ4n) is 3.07. The molecule has 156 valence electrons. The van der Waals surface area contributed by atoms with Gasteiger partial charge in [-0.3, -0.25) is 4.79 Å². The Morgan fingerprint density at radius 3 is 2.20 bits per heavy atom. The minimum absolute atomic E-state index is 0.00714. The predicted octanol–water partition coefficient (Wildman–Crippen LogP) is 4.31. The molecule has 0 fully saturated rings. The lowest BCUT2D eigenvalue weighted by atomic mass is 10.1. The van der Waals surface area contributed by atoms with Gasteiger partial charge in [-0.15, -0.1) is 0 Å². The number of aromatic carboxylic acids is 1. The van der Waals surface area contributed by atoms with Crippen LogP contribution in [0.5, 0.6) is 11.5 Å². The van der Waals surface area contributed by atoms with Gasteiger partial charge < -0.3 is 24.3 Å². The summed E-state index contributed by atoms with van der Waals surface area (Å²) in [5.41, 5.74) is 2.76. The Morgan fingerprint density at radius 2 is 1.60 bits per heavy atom. The van der Waals surface area contributed by atoms with Gasteiger partial charge in [0.15, 0.2) is 0 Å². The number of rotatable bonds is 10. The van der Waals surface area contributed by atoms with E-state index in [4.69, 9.17) is 14.6 Å². The number of carboxylic acid groups (broad SMARTS) is 2. The number of benzene rings is 2. The van der Waals surface area contributed by atoms with E-state index in [2.05, 4.69) is 0 Å². The maximum absolute atomic E-state index is 11.5. The van der Waals surface area contributed by atoms with Crippen LogP contribution < -0.4 is 9.47 Å². The van der Waals surface area contributed by atoms with Gasteiger partial charge in [0.25, 0.3) is 0 Å². The molecule has 1 heterocycles. The number of aliphatic carboxylic acids is 1. The van der Waals surface area contributed by atoms with Crippen molar-refractivity contribution >= 4 is 11.9 Å². The summed E-state index contributed by atoms with van der Waals surface area (Å²) in [6.45, 7) is 0.753. The Labute approximate surface area is 174 Å². The molecule has 7 nitrogen and oxygen atoms in total. The van der Waals surface area contributed by atoms with Crippen molar-refractivity contribution in [2.24, 2.45) is 0 Å². The first kappa shape index (κ1) is 21.0. The summed E-state index contributed by atoms with van der Waals surface area (Å²) < 4.78 is 12.5. The Balaban J connectivity index is 1.67. The number of hydrogen-bond donors (Lipinski definition) is 2. The molecule has 0 spiro atoms. The van der Waals surface area contributed by atoms with Crippen LogP contribution in [0, 0.1) is 0 Å². The third kappa shape index (κ3) is 5.41. The van der Waals surface area contributed by atoms with Gasteiger partial charge in [0, 0.05) is 24.7 Å². The van der Waals surface area contributed by atoms with Crippen molar-refractivity contribution in [1.82, 2.24) is 4.57 Å². The lowest BCUT2D eigenvalue weighted by Crippen LogP contribution is -2.08. The summed E-state index contributed by atoms with van der Waals surface area (Å²) in [4.78, 5) is 22.2. The molecule has 0 saturated heterocycles. The van der Waals surface area contributed by atoms with Gasteiger partial charge in [-0.25, -0.2) is 4.79 Å². The molecule has 1 aromatic heterocycles. The Bertz CT molecular complexity index is 1010. The van der Waals surface area contributed by atoms with Crippen LogP contribution in [0.15, 0.2) is 60.8 Å². The summed E-state index contributed by atoms with van der Waals surface area (Å²) in [6.07, 6.45) is 2.09. The van der Waals surface area contributed by atoms with Crippen molar-refractivity contribution < 1.29 is 29.3 Å². The highest BCUT2D eigenvalue weighted by molar-refractivity contribution is 5.88. The van der Waals surface area contributed by atoms with Crippen LogP contribution in [0.3, 0.4) is 0 Å². The van der Waals surface area contributed by atoms with E-state index in [-0.39, 0.29) is 12.1 Å². The topological polar surface area (TPSA) is 98.0 Å². The molecule has 0 radical (unpaired) electrons. The van der Waals surface area contributed by atoms with Gasteiger partial charge in [-0.2, -0.15) is 0 Å². The molecule has 0 amide bonds. The Hall–Kier alpha value is -3.74. The van der Waals surface area contributed by atoms with Crippen molar-refractivity contribution in [1.29, 1.82) is 0 Å². The average Bonchev–Trinajstić information content (AvgIpc) is 3.17. The van der Waals surface area contributed by atoms with Crippen LogP contribution in [0.25, 0.3) is 11.1 Å². The van der Waals surface area contributed by atoms with E-state index in [0.29, 0.717) is 25.3 Å². The highest BCUT2D eigenvalue weighted by atomic mass is 16.5. The van der Waals surface area contributed by atoms with Crippen molar-refractivity contribution in [2.75, 3.05) is 7.11 Å². The van der Waals surface area contributed by atoms with Crippen molar-refractivity contribution in [3.63, 3.8) is 0 Å². The number of methoxy groups -OCH3 is 1. The standard InChI is InChI=1S/C23H23NO6/c1-29-19-8-4-16(5-9-19)15-30-20-10-6-17(7-11-20)18-13-21(23(27)28)24(14-18)12-2-3-22(25)26/h4-11,13-14H,2-3,12,15H2,1H3,(H,25,26)(H,27,28). The quantitative estimate of drug-likeness (QED) is 0.518. The van der Waals surface area contributed by atoms with E-state index in [0.717, 1.165) is 22.4 Å². The highest BCUT2D eigenvalue weighted by Crippen LogP contribution is 2.26. The largest absolute Gasteiger partial charge is 0.497 e. The molecule has 0 aliphatic rings. The first-order chi connectivity index (χ1) is 14.5. The zero-order valence-corrected chi connectivity index (χ0v) is 16.6. The number of ether oxygens (including phenoxy) is 2. The number of aromatic nitrogens is 1. The zero-order chi connectivity index (χ0) is 21.5. The monoisotopic (exact) mass is 409 g/mol. The second kappa shape index (κ2) is 9.65. The van der Waals surface area contributed by atoms with E-state index < -0.39 is 11.9 Å². The van der Waals surface area contributed by atoms with Gasteiger partial charge >= 0.3 is 11.9 Å². The summed E-state index contributed by atoms with van der Waals surface area (Å²) >= 11 is 0. The maximum atomic E-state index is 11.5. The van der Waals surface area contributed by atoms with E-state index in [1.165, 1.54) is 0 Å². The summed E-state index contributed by atoms with van der Waals surface area (Å²) in [5, 5.41) is 18.2. The third-order valence-corrected chi connectivity index (χ3v) is 4.66. The van der Waals surface area contributed by atoms with Crippen LogP contribution in [-0.2, 0) is 17.9 Å². The number of nitrogens with zero attached hydrogens (tertiary/aromatic N) is 1. The van der Waals surface area contributed by atoms with Gasteiger partial charge in [0.2, 0.25) is 0 Å². The van der Waals surface area contributed by atoms with Gasteiger partial charge in [0.1, 0.15) is 23.8 Å². The number of hydrogen-bond acceptors (Lipinski definition) is 4. The average molecular weight is 409 g/mol. The molecule has 0 atom stereocenters. The molecule has 30 heavy (non-hydrogen) atoms. The van der Waals surface area contributed by atoms with Crippen LogP contribution in [-0.4, -0.2) is 33.8 Å². The van der Waals surface area contributed by atoms with Crippen LogP contribution >= 0.6 is 0 Å². The summed E-state index contributed by atoms with van der Waals surface area (Å²) in [5.74, 6) is -0.451. The fourth-order valence-corrected chi connectivity index (χ4v) is 3.07. The van der Waals surface area contributed by atoms with Gasteiger partial charge in [-0.1, -0.05) is 24.3 Å². The maximum Gasteiger partial charge on any atom is 0.352 e. The molecule has 0 unspecified atom stereocenters. The number of carboxylic acids is 2. The summed E-state index contributed by atoms with van der Waals surface area (Å²) in [7, 11) is 1.62. The van der Waals surface area contributed by atoms with E-state index >= 15 is 0 Å². The van der Waals surface area contributed by atoms with E-state index in [9.17, 15) is 14.7 Å². The second-order valence-corrected chi connectivity index (χ2v) is 6.77. The van der Waals surface area contributed by atoms with Crippen LogP contribution in [0.2, 0.25) is 0 Å². The van der Waals surface area contributed by atoms with E-state index in [1.807, 2.05) is 48.5 Å². The van der Waals surface area contributed by atoms with Gasteiger partial charge in [-0.05, 0) is 47.9 Å². The molecular weight excluding hydrogens is 386 g/mol. The van der Waals surface area contributed by atoms with Crippen molar-refractivity contribution in [3.8, 4) is 22.6 Å². The number of carbonyl (C=O) groups is 2. The Kier molecular flexibility index (Phi) is 6.75. The first-order valence-electron chi connectivity index (χ1n) is 9.47. The van der Waals surface area contributed by atoms with Crippen molar-refractivity contribution in [3.05, 3.63) is 72.1 Å². The van der Waals surface area contributed by atoms with Gasteiger partial charge in [0.05, 0.1) is 7.11 Å². The lowest BCUT2D eigenvalue weighted by molar-refractivity contribution is -0.137. The first-order valence-corrected chi connectivity index (χ1v) is 9.47. The fraction of sp³-hybridized carbons (Fsp3) is 0.217. The number of aryl methyl sites for hydroxylation is 1. The molecule has 0 aliphatic heterocycles. The zero-order valence-electron chi connectivity index (χ0n) is 16.6. The summed E-state index contributed by atoms with van der Waals surface area (Å²) in [6, 6.07) is 16.6. The molecule has 0 bridgehead atoms. The van der Waals surface area contributed by atoms with Crippen LogP contribution in [0.1, 0.15) is 28.9 Å². The molecule has 2 aromatic carbocycles. The molecule has 7 heteroatoms. The molecule has 0 saturated carbocycles. The predicted molar refractivity (Wildman–Crippen MR) is 111 cm³/mol. The lowest BCUT2D eigenvalue weighted by Gasteiger charge is -2.08. The molecular formula is C23H23NO6. The SMILES string of the molecule is COc1ccc(COc2ccc(-c3cc(C(=O)O)n(CCCC(=O)O)c3)cc2)cc1. The van der Waals surface area contributed by atoms with Crippen molar-refractivity contribution in [2.45, 2.75) is 26.0 Å². The Morgan fingerprint density at radius 1 is 0.933 bits per heavy atom. The third-order valence-electron chi connectivity index (χ3n) is 4.66. The molecule has 2 N–H and O–H groups in total. The van der Waals surface area contributed by atoms with Crippen LogP contribution in [0.4, 0.5) is 0 Å².